The predicted molar refractivity (Wildman–Crippen MR) is 69.1 cm³/mol. The van der Waals surface area contributed by atoms with Gasteiger partial charge in [0.1, 0.15) is 0 Å². The largest absolute Gasteiger partial charge is 0.383 e. The third-order valence-electron chi connectivity index (χ3n) is 2.27. The highest BCUT2D eigenvalue weighted by Gasteiger charge is 2.03. The van der Waals surface area contributed by atoms with Crippen LogP contribution in [0.3, 0.4) is 0 Å². The van der Waals surface area contributed by atoms with E-state index in [2.05, 4.69) is 19.2 Å². The maximum Gasteiger partial charge on any atom is 0.0441 e. The van der Waals surface area contributed by atoms with Crippen molar-refractivity contribution in [1.82, 2.24) is 0 Å². The van der Waals surface area contributed by atoms with Gasteiger partial charge in [0, 0.05) is 21.8 Å². The number of rotatable bonds is 5. The molecule has 0 aromatic heterocycles. The van der Waals surface area contributed by atoms with Crippen molar-refractivity contribution in [2.75, 3.05) is 5.32 Å². The van der Waals surface area contributed by atoms with Crippen molar-refractivity contribution in [3.05, 3.63) is 28.2 Å². The lowest BCUT2D eigenvalue weighted by Gasteiger charge is -2.15. The first-order valence-corrected chi connectivity index (χ1v) is 6.10. The zero-order valence-electron chi connectivity index (χ0n) is 9.19. The molecule has 0 bridgehead atoms. The molecule has 1 atom stereocenters. The number of nitrogens with one attached hydrogen (secondary N) is 1. The highest BCUT2D eigenvalue weighted by atomic mass is 35.5. The van der Waals surface area contributed by atoms with Crippen molar-refractivity contribution in [2.24, 2.45) is 0 Å². The van der Waals surface area contributed by atoms with Crippen molar-refractivity contribution in [3.8, 4) is 0 Å². The van der Waals surface area contributed by atoms with E-state index in [0.29, 0.717) is 16.1 Å². The molecule has 1 aromatic carbocycles. The molecule has 0 fully saturated rings. The molecule has 1 unspecified atom stereocenters. The molecule has 1 aromatic rings. The van der Waals surface area contributed by atoms with E-state index in [4.69, 9.17) is 23.2 Å². The number of unbranched alkanes of at least 4 members (excludes halogenated alkanes) is 1. The Bertz CT molecular complexity index is 292. The number of benzene rings is 1. The van der Waals surface area contributed by atoms with Crippen LogP contribution >= 0.6 is 23.2 Å². The number of halogens is 2. The molecule has 0 saturated carbocycles. The molecule has 0 aliphatic rings. The van der Waals surface area contributed by atoms with E-state index in [9.17, 15) is 0 Å². The van der Waals surface area contributed by atoms with Crippen molar-refractivity contribution in [3.63, 3.8) is 0 Å². The summed E-state index contributed by atoms with van der Waals surface area (Å²) in [6.07, 6.45) is 3.63. The SMILES string of the molecule is CCCCC(C)Nc1cc(Cl)cc(Cl)c1. The number of anilines is 1. The van der Waals surface area contributed by atoms with Crippen LogP contribution in [0.4, 0.5) is 5.69 Å². The van der Waals surface area contributed by atoms with Gasteiger partial charge >= 0.3 is 0 Å². The molecule has 0 aliphatic carbocycles. The summed E-state index contributed by atoms with van der Waals surface area (Å²) >= 11 is 11.8. The van der Waals surface area contributed by atoms with E-state index in [0.717, 1.165) is 5.69 Å². The fourth-order valence-electron chi connectivity index (χ4n) is 1.50. The topological polar surface area (TPSA) is 12.0 Å². The Morgan fingerprint density at radius 1 is 1.20 bits per heavy atom. The minimum absolute atomic E-state index is 0.458. The summed E-state index contributed by atoms with van der Waals surface area (Å²) in [5, 5.41) is 4.74. The van der Waals surface area contributed by atoms with Gasteiger partial charge in [0.2, 0.25) is 0 Å². The van der Waals surface area contributed by atoms with Gasteiger partial charge in [-0.25, -0.2) is 0 Å². The smallest absolute Gasteiger partial charge is 0.0441 e. The normalized spacial score (nSPS) is 12.5. The molecule has 15 heavy (non-hydrogen) atoms. The molecule has 0 aliphatic heterocycles. The maximum atomic E-state index is 5.91. The third kappa shape index (κ3) is 4.76. The molecular weight excluding hydrogens is 229 g/mol. The van der Waals surface area contributed by atoms with E-state index in [1.807, 2.05) is 12.1 Å². The second kappa shape index (κ2) is 6.24. The van der Waals surface area contributed by atoms with Crippen LogP contribution in [-0.4, -0.2) is 6.04 Å². The van der Waals surface area contributed by atoms with Crippen molar-refractivity contribution in [2.45, 2.75) is 39.2 Å². The van der Waals surface area contributed by atoms with Crippen molar-refractivity contribution in [1.29, 1.82) is 0 Å². The van der Waals surface area contributed by atoms with Gasteiger partial charge in [-0.3, -0.25) is 0 Å². The lowest BCUT2D eigenvalue weighted by atomic mass is 10.1. The average molecular weight is 246 g/mol. The van der Waals surface area contributed by atoms with Gasteiger partial charge in [0.15, 0.2) is 0 Å². The van der Waals surface area contributed by atoms with Gasteiger partial charge in [-0.2, -0.15) is 0 Å². The van der Waals surface area contributed by atoms with Crippen molar-refractivity contribution >= 4 is 28.9 Å². The van der Waals surface area contributed by atoms with Crippen LogP contribution < -0.4 is 5.32 Å². The molecule has 0 amide bonds. The van der Waals surface area contributed by atoms with Crippen LogP contribution in [0.5, 0.6) is 0 Å². The Kier molecular flexibility index (Phi) is 5.27. The van der Waals surface area contributed by atoms with Gasteiger partial charge in [0.25, 0.3) is 0 Å². The summed E-state index contributed by atoms with van der Waals surface area (Å²) in [5.74, 6) is 0. The standard InChI is InChI=1S/C12H17Cl2N/c1-3-4-5-9(2)15-12-7-10(13)6-11(14)8-12/h6-9,15H,3-5H2,1-2H3. The van der Waals surface area contributed by atoms with E-state index in [-0.39, 0.29) is 0 Å². The lowest BCUT2D eigenvalue weighted by molar-refractivity contribution is 0.645. The first-order valence-electron chi connectivity index (χ1n) is 5.34. The monoisotopic (exact) mass is 245 g/mol. The summed E-state index contributed by atoms with van der Waals surface area (Å²) < 4.78 is 0. The second-order valence-electron chi connectivity index (χ2n) is 3.85. The minimum Gasteiger partial charge on any atom is -0.383 e. The molecule has 1 nitrogen and oxygen atoms in total. The number of hydrogen-bond acceptors (Lipinski definition) is 1. The molecular formula is C12H17Cl2N. The third-order valence-corrected chi connectivity index (χ3v) is 2.70. The average Bonchev–Trinajstić information content (AvgIpc) is 2.13. The van der Waals surface area contributed by atoms with Crippen LogP contribution in [0, 0.1) is 0 Å². The maximum absolute atomic E-state index is 5.91. The lowest BCUT2D eigenvalue weighted by Crippen LogP contribution is -2.14. The van der Waals surface area contributed by atoms with Gasteiger partial charge in [-0.15, -0.1) is 0 Å². The van der Waals surface area contributed by atoms with Crippen LogP contribution in [0.2, 0.25) is 10.0 Å². The van der Waals surface area contributed by atoms with Crippen LogP contribution in [-0.2, 0) is 0 Å². The zero-order valence-corrected chi connectivity index (χ0v) is 10.7. The molecule has 0 saturated heterocycles. The zero-order chi connectivity index (χ0) is 11.3. The van der Waals surface area contributed by atoms with Gasteiger partial charge in [0.05, 0.1) is 0 Å². The molecule has 84 valence electrons. The molecule has 0 spiro atoms. The Labute approximate surface area is 102 Å². The van der Waals surface area contributed by atoms with Crippen LogP contribution in [0.15, 0.2) is 18.2 Å². The first kappa shape index (κ1) is 12.7. The molecule has 0 heterocycles. The minimum atomic E-state index is 0.458. The highest BCUT2D eigenvalue weighted by molar-refractivity contribution is 6.35. The fourth-order valence-corrected chi connectivity index (χ4v) is 2.03. The van der Waals surface area contributed by atoms with E-state index < -0.39 is 0 Å². The molecule has 1 rings (SSSR count). The van der Waals surface area contributed by atoms with E-state index >= 15 is 0 Å². The number of hydrogen-bond donors (Lipinski definition) is 1. The summed E-state index contributed by atoms with van der Waals surface area (Å²) in [5.41, 5.74) is 0.996. The van der Waals surface area contributed by atoms with E-state index in [1.165, 1.54) is 19.3 Å². The highest BCUT2D eigenvalue weighted by Crippen LogP contribution is 2.23. The Morgan fingerprint density at radius 3 is 2.33 bits per heavy atom. The molecule has 3 heteroatoms. The quantitative estimate of drug-likeness (QED) is 0.772. The fraction of sp³-hybridized carbons (Fsp3) is 0.500. The van der Waals surface area contributed by atoms with Gasteiger partial charge < -0.3 is 5.32 Å². The summed E-state index contributed by atoms with van der Waals surface area (Å²) in [6.45, 7) is 4.37. The van der Waals surface area contributed by atoms with Crippen LogP contribution in [0.1, 0.15) is 33.1 Å². The van der Waals surface area contributed by atoms with Gasteiger partial charge in [-0.1, -0.05) is 43.0 Å². The van der Waals surface area contributed by atoms with E-state index in [1.54, 1.807) is 6.07 Å². The summed E-state index contributed by atoms with van der Waals surface area (Å²) in [7, 11) is 0. The van der Waals surface area contributed by atoms with Crippen molar-refractivity contribution < 1.29 is 0 Å². The Balaban J connectivity index is 2.56. The molecule has 1 N–H and O–H groups in total. The first-order chi connectivity index (χ1) is 7.11. The van der Waals surface area contributed by atoms with Crippen LogP contribution in [0.25, 0.3) is 0 Å². The second-order valence-corrected chi connectivity index (χ2v) is 4.72. The summed E-state index contributed by atoms with van der Waals surface area (Å²) in [4.78, 5) is 0. The Hall–Kier alpha value is -0.400. The van der Waals surface area contributed by atoms with Gasteiger partial charge in [-0.05, 0) is 31.5 Å². The summed E-state index contributed by atoms with van der Waals surface area (Å²) in [6, 6.07) is 6.00. The Morgan fingerprint density at radius 2 is 1.80 bits per heavy atom. The molecule has 0 radical (unpaired) electrons. The predicted octanol–water partition coefficient (Wildman–Crippen LogP) is 4.98.